The highest BCUT2D eigenvalue weighted by Gasteiger charge is 2.18. The predicted octanol–water partition coefficient (Wildman–Crippen LogP) is 4.45. The fourth-order valence-corrected chi connectivity index (χ4v) is 3.57. The SMILES string of the molecule is Cc1cc(-c2c(C)sc3nc(C)c(C=O)n23)ccc1Cl. The van der Waals surface area contributed by atoms with E-state index in [9.17, 15) is 4.79 Å². The van der Waals surface area contributed by atoms with Crippen LogP contribution >= 0.6 is 22.9 Å². The summed E-state index contributed by atoms with van der Waals surface area (Å²) in [5, 5.41) is 0.746. The van der Waals surface area contributed by atoms with E-state index in [1.54, 1.807) is 11.3 Å². The van der Waals surface area contributed by atoms with Crippen LogP contribution in [-0.4, -0.2) is 15.7 Å². The maximum Gasteiger partial charge on any atom is 0.195 e. The van der Waals surface area contributed by atoms with E-state index in [2.05, 4.69) is 4.98 Å². The quantitative estimate of drug-likeness (QED) is 0.655. The van der Waals surface area contributed by atoms with Crippen molar-refractivity contribution in [1.82, 2.24) is 9.38 Å². The molecule has 0 aliphatic heterocycles. The predicted molar refractivity (Wildman–Crippen MR) is 83.1 cm³/mol. The minimum absolute atomic E-state index is 0.618. The van der Waals surface area contributed by atoms with Crippen LogP contribution in [0.25, 0.3) is 16.2 Å². The van der Waals surface area contributed by atoms with Gasteiger partial charge < -0.3 is 0 Å². The van der Waals surface area contributed by atoms with Crippen molar-refractivity contribution in [2.24, 2.45) is 0 Å². The Labute approximate surface area is 125 Å². The molecule has 5 heteroatoms. The fraction of sp³-hybridized carbons (Fsp3) is 0.200. The zero-order valence-electron chi connectivity index (χ0n) is 11.4. The van der Waals surface area contributed by atoms with Crippen LogP contribution in [0.15, 0.2) is 18.2 Å². The maximum atomic E-state index is 11.3. The van der Waals surface area contributed by atoms with Crippen LogP contribution in [0.5, 0.6) is 0 Å². The lowest BCUT2D eigenvalue weighted by molar-refractivity contribution is 0.111. The number of aryl methyl sites for hydroxylation is 3. The molecule has 0 aliphatic carbocycles. The number of halogens is 1. The Morgan fingerprint density at radius 1 is 1.30 bits per heavy atom. The molecule has 0 saturated heterocycles. The summed E-state index contributed by atoms with van der Waals surface area (Å²) in [4.78, 5) is 17.8. The van der Waals surface area contributed by atoms with E-state index in [1.165, 1.54) is 0 Å². The normalized spacial score (nSPS) is 11.2. The molecule has 20 heavy (non-hydrogen) atoms. The summed E-state index contributed by atoms with van der Waals surface area (Å²) in [6.07, 6.45) is 0.869. The third-order valence-electron chi connectivity index (χ3n) is 3.41. The first-order chi connectivity index (χ1) is 9.52. The average Bonchev–Trinajstić information content (AvgIpc) is 2.86. The Balaban J connectivity index is 2.37. The van der Waals surface area contributed by atoms with Gasteiger partial charge >= 0.3 is 0 Å². The highest BCUT2D eigenvalue weighted by molar-refractivity contribution is 7.17. The topological polar surface area (TPSA) is 34.4 Å². The number of benzene rings is 1. The van der Waals surface area contributed by atoms with Gasteiger partial charge in [-0.05, 0) is 38.5 Å². The minimum Gasteiger partial charge on any atom is -0.296 e. The molecule has 2 heterocycles. The molecule has 3 nitrogen and oxygen atoms in total. The van der Waals surface area contributed by atoms with Crippen LogP contribution in [0.1, 0.15) is 26.6 Å². The lowest BCUT2D eigenvalue weighted by atomic mass is 10.1. The Bertz CT molecular complexity index is 832. The summed E-state index contributed by atoms with van der Waals surface area (Å²) >= 11 is 7.68. The molecule has 0 unspecified atom stereocenters. The molecule has 1 aromatic carbocycles. The molecule has 3 aromatic rings. The van der Waals surface area contributed by atoms with Crippen LogP contribution in [0.4, 0.5) is 0 Å². The first kappa shape index (κ1) is 13.3. The molecule has 0 bridgehead atoms. The van der Waals surface area contributed by atoms with Crippen molar-refractivity contribution in [3.8, 4) is 11.3 Å². The van der Waals surface area contributed by atoms with Gasteiger partial charge in [0.1, 0.15) is 5.69 Å². The van der Waals surface area contributed by atoms with Gasteiger partial charge in [-0.25, -0.2) is 4.98 Å². The Kier molecular flexibility index (Phi) is 3.15. The second-order valence-corrected chi connectivity index (χ2v) is 6.38. The molecule has 3 rings (SSSR count). The maximum absolute atomic E-state index is 11.3. The van der Waals surface area contributed by atoms with Crippen LogP contribution in [0.2, 0.25) is 5.02 Å². The van der Waals surface area contributed by atoms with Crippen LogP contribution in [0.3, 0.4) is 0 Å². The van der Waals surface area contributed by atoms with Gasteiger partial charge in [0.2, 0.25) is 0 Å². The minimum atomic E-state index is 0.618. The summed E-state index contributed by atoms with van der Waals surface area (Å²) in [5.74, 6) is 0. The number of thiazole rings is 1. The number of hydrogen-bond donors (Lipinski definition) is 0. The smallest absolute Gasteiger partial charge is 0.195 e. The number of carbonyl (C=O) groups is 1. The van der Waals surface area contributed by atoms with Gasteiger partial charge in [0.15, 0.2) is 11.2 Å². The number of aldehydes is 1. The van der Waals surface area contributed by atoms with Crippen LogP contribution in [0, 0.1) is 20.8 Å². The first-order valence-electron chi connectivity index (χ1n) is 6.23. The van der Waals surface area contributed by atoms with E-state index in [-0.39, 0.29) is 0 Å². The highest BCUT2D eigenvalue weighted by Crippen LogP contribution is 2.34. The largest absolute Gasteiger partial charge is 0.296 e. The van der Waals surface area contributed by atoms with Crippen molar-refractivity contribution >= 4 is 34.2 Å². The van der Waals surface area contributed by atoms with Crippen molar-refractivity contribution < 1.29 is 4.79 Å². The summed E-state index contributed by atoms with van der Waals surface area (Å²) < 4.78 is 1.94. The van der Waals surface area contributed by atoms with Gasteiger partial charge in [-0.3, -0.25) is 9.20 Å². The molecule has 0 radical (unpaired) electrons. The third-order valence-corrected chi connectivity index (χ3v) is 4.79. The molecule has 0 spiro atoms. The summed E-state index contributed by atoms with van der Waals surface area (Å²) in [5.41, 5.74) is 4.47. The van der Waals surface area contributed by atoms with Crippen molar-refractivity contribution in [2.75, 3.05) is 0 Å². The number of nitrogens with zero attached hydrogens (tertiary/aromatic N) is 2. The Morgan fingerprint density at radius 3 is 2.70 bits per heavy atom. The monoisotopic (exact) mass is 304 g/mol. The molecule has 0 saturated carbocycles. The lowest BCUT2D eigenvalue weighted by Crippen LogP contribution is -1.95. The van der Waals surface area contributed by atoms with Gasteiger partial charge in [0.25, 0.3) is 0 Å². The van der Waals surface area contributed by atoms with Gasteiger partial charge in [-0.2, -0.15) is 0 Å². The van der Waals surface area contributed by atoms with E-state index in [0.29, 0.717) is 5.69 Å². The van der Waals surface area contributed by atoms with Crippen LogP contribution < -0.4 is 0 Å². The number of rotatable bonds is 2. The first-order valence-corrected chi connectivity index (χ1v) is 7.42. The number of fused-ring (bicyclic) bond motifs is 1. The van der Waals surface area contributed by atoms with Crippen molar-refractivity contribution in [3.05, 3.63) is 45.1 Å². The van der Waals surface area contributed by atoms with E-state index in [1.807, 2.05) is 43.4 Å². The molecule has 0 N–H and O–H groups in total. The Hall–Kier alpha value is -1.65. The average molecular weight is 305 g/mol. The standard InChI is InChI=1S/C15H13ClN2OS/c1-8-6-11(4-5-12(8)16)14-10(3)20-15-17-9(2)13(7-19)18(14)15/h4-7H,1-3H3. The third kappa shape index (κ3) is 1.87. The van der Waals surface area contributed by atoms with Crippen molar-refractivity contribution in [1.29, 1.82) is 0 Å². The molecular formula is C15H13ClN2OS. The van der Waals surface area contributed by atoms with Gasteiger partial charge in [-0.1, -0.05) is 17.7 Å². The zero-order chi connectivity index (χ0) is 14.4. The van der Waals surface area contributed by atoms with E-state index in [0.717, 1.165) is 43.7 Å². The molecule has 0 aliphatic rings. The summed E-state index contributed by atoms with van der Waals surface area (Å²) in [6.45, 7) is 5.88. The van der Waals surface area contributed by atoms with Gasteiger partial charge in [0.05, 0.1) is 11.4 Å². The van der Waals surface area contributed by atoms with Gasteiger partial charge in [-0.15, -0.1) is 11.3 Å². The highest BCUT2D eigenvalue weighted by atomic mass is 35.5. The molecular weight excluding hydrogens is 292 g/mol. The second kappa shape index (κ2) is 4.72. The van der Waals surface area contributed by atoms with Crippen LogP contribution in [-0.2, 0) is 0 Å². The number of imidazole rings is 1. The summed E-state index contributed by atoms with van der Waals surface area (Å²) in [7, 11) is 0. The van der Waals surface area contributed by atoms with E-state index >= 15 is 0 Å². The zero-order valence-corrected chi connectivity index (χ0v) is 13.0. The molecule has 2 aromatic heterocycles. The number of carbonyl (C=O) groups excluding carboxylic acids is 1. The summed E-state index contributed by atoms with van der Waals surface area (Å²) in [6, 6.07) is 5.91. The fourth-order valence-electron chi connectivity index (χ4n) is 2.41. The molecule has 102 valence electrons. The molecule has 0 fully saturated rings. The molecule has 0 atom stereocenters. The molecule has 0 amide bonds. The Morgan fingerprint density at radius 2 is 2.05 bits per heavy atom. The van der Waals surface area contributed by atoms with Crippen molar-refractivity contribution in [3.63, 3.8) is 0 Å². The van der Waals surface area contributed by atoms with Gasteiger partial charge in [0, 0.05) is 15.5 Å². The number of hydrogen-bond acceptors (Lipinski definition) is 3. The van der Waals surface area contributed by atoms with Crippen molar-refractivity contribution in [2.45, 2.75) is 20.8 Å². The van der Waals surface area contributed by atoms with E-state index in [4.69, 9.17) is 11.6 Å². The number of aromatic nitrogens is 2. The lowest BCUT2D eigenvalue weighted by Gasteiger charge is -2.06. The van der Waals surface area contributed by atoms with E-state index < -0.39 is 0 Å². The second-order valence-electron chi connectivity index (χ2n) is 4.79.